The van der Waals surface area contributed by atoms with Crippen molar-refractivity contribution >= 4 is 0 Å². The van der Waals surface area contributed by atoms with Crippen molar-refractivity contribution in [2.75, 3.05) is 32.9 Å². The molecule has 16 heavy (non-hydrogen) atoms. The molecule has 0 heterocycles. The molecule has 0 amide bonds. The fourth-order valence-corrected chi connectivity index (χ4v) is 1.30. The monoisotopic (exact) mass is 228 g/mol. The van der Waals surface area contributed by atoms with Gasteiger partial charge in [-0.15, -0.1) is 0 Å². The van der Waals surface area contributed by atoms with Crippen LogP contribution in [0.5, 0.6) is 0 Å². The molecule has 0 saturated carbocycles. The molecule has 0 aromatic heterocycles. The van der Waals surface area contributed by atoms with Crippen molar-refractivity contribution in [1.82, 2.24) is 5.32 Å². The van der Waals surface area contributed by atoms with Crippen molar-refractivity contribution in [1.29, 1.82) is 5.26 Å². The van der Waals surface area contributed by atoms with Gasteiger partial charge in [-0.25, -0.2) is 0 Å². The predicted molar refractivity (Wildman–Crippen MR) is 64.0 cm³/mol. The number of rotatable bonds is 10. The van der Waals surface area contributed by atoms with E-state index in [2.05, 4.69) is 11.4 Å². The van der Waals surface area contributed by atoms with Gasteiger partial charge >= 0.3 is 0 Å². The zero-order valence-electron chi connectivity index (χ0n) is 10.5. The Morgan fingerprint density at radius 2 is 1.94 bits per heavy atom. The van der Waals surface area contributed by atoms with E-state index in [-0.39, 0.29) is 12.0 Å². The molecule has 0 aromatic rings. The van der Waals surface area contributed by atoms with Gasteiger partial charge in [0.05, 0.1) is 24.7 Å². The number of nitriles is 1. The molecule has 0 fully saturated rings. The van der Waals surface area contributed by atoms with Crippen LogP contribution < -0.4 is 5.32 Å². The lowest BCUT2D eigenvalue weighted by Gasteiger charge is -2.14. The molecule has 0 aromatic carbocycles. The normalized spacial score (nSPS) is 11.4. The number of nitrogens with zero attached hydrogens (tertiary/aromatic N) is 1. The number of aliphatic hydroxyl groups excluding tert-OH is 1. The van der Waals surface area contributed by atoms with E-state index in [1.54, 1.807) is 0 Å². The van der Waals surface area contributed by atoms with E-state index in [1.807, 2.05) is 13.8 Å². The number of nitrogens with one attached hydrogen (secondary N) is 1. The number of ether oxygens (including phenoxy) is 1. The van der Waals surface area contributed by atoms with E-state index >= 15 is 0 Å². The van der Waals surface area contributed by atoms with Crippen LogP contribution >= 0.6 is 0 Å². The third-order valence-corrected chi connectivity index (χ3v) is 2.34. The summed E-state index contributed by atoms with van der Waals surface area (Å²) < 4.78 is 5.13. The zero-order chi connectivity index (χ0) is 12.3. The highest BCUT2D eigenvalue weighted by molar-refractivity contribution is 4.91. The molecule has 0 spiro atoms. The minimum Gasteiger partial charge on any atom is -0.394 e. The molecule has 0 saturated heterocycles. The van der Waals surface area contributed by atoms with Crippen LogP contribution in [0, 0.1) is 16.7 Å². The number of aliphatic hydroxyl groups is 1. The van der Waals surface area contributed by atoms with Crippen LogP contribution in [-0.4, -0.2) is 38.0 Å². The molecule has 0 aliphatic heterocycles. The average molecular weight is 228 g/mol. The van der Waals surface area contributed by atoms with E-state index in [0.717, 1.165) is 32.4 Å². The van der Waals surface area contributed by atoms with Gasteiger partial charge in [0.2, 0.25) is 0 Å². The number of hydrogen-bond acceptors (Lipinski definition) is 4. The van der Waals surface area contributed by atoms with Crippen molar-refractivity contribution in [3.8, 4) is 6.07 Å². The first-order chi connectivity index (χ1) is 7.62. The summed E-state index contributed by atoms with van der Waals surface area (Å²) in [6.07, 6.45) is 2.91. The van der Waals surface area contributed by atoms with Gasteiger partial charge in [-0.1, -0.05) is 0 Å². The second-order valence-corrected chi connectivity index (χ2v) is 4.54. The minimum atomic E-state index is -0.202. The predicted octanol–water partition coefficient (Wildman–Crippen LogP) is 1.30. The van der Waals surface area contributed by atoms with Gasteiger partial charge in [0, 0.05) is 6.61 Å². The van der Waals surface area contributed by atoms with Crippen molar-refractivity contribution in [3.05, 3.63) is 0 Å². The highest BCUT2D eigenvalue weighted by Gasteiger charge is 2.14. The molecule has 0 bridgehead atoms. The minimum absolute atomic E-state index is 0.0939. The summed E-state index contributed by atoms with van der Waals surface area (Å²) in [6.45, 7) is 7.03. The van der Waals surface area contributed by atoms with Gasteiger partial charge in [0.1, 0.15) is 0 Å². The lowest BCUT2D eigenvalue weighted by molar-refractivity contribution is 0.0907. The van der Waals surface area contributed by atoms with Crippen LogP contribution in [0.25, 0.3) is 0 Å². The second kappa shape index (κ2) is 9.59. The second-order valence-electron chi connectivity index (χ2n) is 4.54. The summed E-state index contributed by atoms with van der Waals surface area (Å²) in [6, 6.07) is 2.30. The van der Waals surface area contributed by atoms with Crippen molar-refractivity contribution in [3.63, 3.8) is 0 Å². The molecular weight excluding hydrogens is 204 g/mol. The lowest BCUT2D eigenvalue weighted by Crippen LogP contribution is -2.20. The van der Waals surface area contributed by atoms with Gasteiger partial charge < -0.3 is 15.2 Å². The Balaban J connectivity index is 3.14. The summed E-state index contributed by atoms with van der Waals surface area (Å²) in [7, 11) is 0. The zero-order valence-corrected chi connectivity index (χ0v) is 10.5. The third kappa shape index (κ3) is 9.91. The molecule has 94 valence electrons. The van der Waals surface area contributed by atoms with Crippen LogP contribution in [0.3, 0.4) is 0 Å². The topological polar surface area (TPSA) is 65.3 Å². The van der Waals surface area contributed by atoms with Crippen LogP contribution in [0.1, 0.15) is 33.1 Å². The largest absolute Gasteiger partial charge is 0.394 e. The summed E-state index contributed by atoms with van der Waals surface area (Å²) in [5.74, 6) is 0. The molecule has 0 atom stereocenters. The van der Waals surface area contributed by atoms with Crippen LogP contribution in [0.4, 0.5) is 0 Å². The Bertz CT molecular complexity index is 200. The van der Waals surface area contributed by atoms with E-state index in [1.165, 1.54) is 0 Å². The van der Waals surface area contributed by atoms with Crippen LogP contribution in [-0.2, 0) is 4.74 Å². The van der Waals surface area contributed by atoms with Crippen molar-refractivity contribution in [2.24, 2.45) is 5.41 Å². The molecule has 0 rings (SSSR count). The van der Waals surface area contributed by atoms with Gasteiger partial charge in [0.25, 0.3) is 0 Å². The molecular formula is C12H24N2O2. The fraction of sp³-hybridized carbons (Fsp3) is 0.917. The summed E-state index contributed by atoms with van der Waals surface area (Å²) >= 11 is 0. The Morgan fingerprint density at radius 3 is 2.56 bits per heavy atom. The van der Waals surface area contributed by atoms with Crippen molar-refractivity contribution in [2.45, 2.75) is 33.1 Å². The van der Waals surface area contributed by atoms with E-state index < -0.39 is 0 Å². The lowest BCUT2D eigenvalue weighted by atomic mass is 9.90. The highest BCUT2D eigenvalue weighted by Crippen LogP contribution is 2.19. The first-order valence-corrected chi connectivity index (χ1v) is 5.93. The summed E-state index contributed by atoms with van der Waals surface area (Å²) in [4.78, 5) is 0. The summed E-state index contributed by atoms with van der Waals surface area (Å²) in [5.41, 5.74) is -0.202. The van der Waals surface area contributed by atoms with Gasteiger partial charge in [-0.2, -0.15) is 5.26 Å². The Labute approximate surface area is 98.6 Å². The van der Waals surface area contributed by atoms with Crippen molar-refractivity contribution < 1.29 is 9.84 Å². The highest BCUT2D eigenvalue weighted by atomic mass is 16.5. The molecule has 0 aliphatic rings. The molecule has 4 nitrogen and oxygen atoms in total. The quantitative estimate of drug-likeness (QED) is 0.553. The molecule has 0 unspecified atom stereocenters. The molecule has 2 N–H and O–H groups in total. The smallest absolute Gasteiger partial charge is 0.0697 e. The average Bonchev–Trinajstić information content (AvgIpc) is 2.27. The first-order valence-electron chi connectivity index (χ1n) is 5.93. The summed E-state index contributed by atoms with van der Waals surface area (Å²) in [5, 5.41) is 20.6. The van der Waals surface area contributed by atoms with E-state index in [0.29, 0.717) is 13.2 Å². The van der Waals surface area contributed by atoms with Gasteiger partial charge in [-0.3, -0.25) is 0 Å². The maximum absolute atomic E-state index is 8.81. The van der Waals surface area contributed by atoms with Gasteiger partial charge in [0.15, 0.2) is 0 Å². The molecule has 4 heteroatoms. The Hall–Kier alpha value is -0.630. The maximum Gasteiger partial charge on any atom is 0.0697 e. The van der Waals surface area contributed by atoms with Crippen LogP contribution in [0.15, 0.2) is 0 Å². The third-order valence-electron chi connectivity index (χ3n) is 2.34. The number of hydrogen-bond donors (Lipinski definition) is 2. The van der Waals surface area contributed by atoms with E-state index in [9.17, 15) is 0 Å². The molecule has 0 radical (unpaired) electrons. The molecule has 0 aliphatic carbocycles. The SMILES string of the molecule is CC(C)(C#N)CCCNCCCOCCO. The van der Waals surface area contributed by atoms with E-state index in [4.69, 9.17) is 15.1 Å². The Morgan fingerprint density at radius 1 is 1.25 bits per heavy atom. The fourth-order valence-electron chi connectivity index (χ4n) is 1.30. The Kier molecular flexibility index (Phi) is 9.21. The first kappa shape index (κ1) is 15.4. The van der Waals surface area contributed by atoms with Gasteiger partial charge in [-0.05, 0) is 46.2 Å². The van der Waals surface area contributed by atoms with Crippen LogP contribution in [0.2, 0.25) is 0 Å². The standard InChI is InChI=1S/C12H24N2O2/c1-12(2,11-13)5-3-6-14-7-4-9-16-10-8-15/h14-15H,3-10H2,1-2H3. The maximum atomic E-state index is 8.81.